The van der Waals surface area contributed by atoms with Crippen LogP contribution in [-0.2, 0) is 32.0 Å². The van der Waals surface area contributed by atoms with Crippen molar-refractivity contribution in [3.05, 3.63) is 60.2 Å². The Morgan fingerprint density at radius 2 is 1.01 bits per heavy atom. The molecule has 81 heavy (non-hydrogen) atoms. The number of hydrogen-bond donors (Lipinski definition) is 6. The summed E-state index contributed by atoms with van der Waals surface area (Å²) in [5.74, 6) is 3.81. The number of aldehydes is 1. The summed E-state index contributed by atoms with van der Waals surface area (Å²) in [6, 6.07) is 12.0. The highest BCUT2D eigenvalue weighted by atomic mass is 16.6. The maximum absolute atomic E-state index is 12.1. The van der Waals surface area contributed by atoms with Crippen LogP contribution in [0.5, 0.6) is 0 Å². The molecule has 3 aromatic rings. The van der Waals surface area contributed by atoms with Crippen LogP contribution in [0.2, 0.25) is 0 Å². The highest BCUT2D eigenvalue weighted by molar-refractivity contribution is 5.74. The van der Waals surface area contributed by atoms with E-state index in [2.05, 4.69) is 31.7 Å². The molecule has 0 bridgehead atoms. The van der Waals surface area contributed by atoms with E-state index >= 15 is 0 Å². The van der Waals surface area contributed by atoms with Crippen molar-refractivity contribution in [2.75, 3.05) is 78.7 Å². The molecule has 4 aliphatic heterocycles. The van der Waals surface area contributed by atoms with Crippen molar-refractivity contribution < 1.29 is 48.7 Å². The maximum Gasteiger partial charge on any atom is 0.410 e. The number of likely N-dealkylation sites (tertiary alicyclic amines) is 3. The number of aromatic nitrogens is 3. The van der Waals surface area contributed by atoms with E-state index in [0.29, 0.717) is 30.8 Å². The van der Waals surface area contributed by atoms with Crippen molar-refractivity contribution in [2.24, 2.45) is 23.7 Å². The summed E-state index contributed by atoms with van der Waals surface area (Å²) in [7, 11) is 0. The van der Waals surface area contributed by atoms with Crippen LogP contribution in [0.3, 0.4) is 0 Å². The summed E-state index contributed by atoms with van der Waals surface area (Å²) in [4.78, 5) is 63.2. The van der Waals surface area contributed by atoms with E-state index in [9.17, 15) is 19.2 Å². The molecular weight excluding hydrogens is 1030 g/mol. The number of pyridine rings is 1. The second-order valence-corrected chi connectivity index (χ2v) is 25.1. The minimum absolute atomic E-state index is 0.173. The largest absolute Gasteiger partial charge is 0.444 e. The zero-order chi connectivity index (χ0) is 59.5. The van der Waals surface area contributed by atoms with Crippen LogP contribution < -0.4 is 10.6 Å². The van der Waals surface area contributed by atoms with E-state index in [1.54, 1.807) is 22.2 Å². The third-order valence-corrected chi connectivity index (χ3v) is 14.6. The van der Waals surface area contributed by atoms with Crippen molar-refractivity contribution in [1.29, 1.82) is 0 Å². The third kappa shape index (κ3) is 32.5. The Balaban J connectivity index is 0.000000280. The van der Waals surface area contributed by atoms with Gasteiger partial charge in [-0.1, -0.05) is 12.1 Å². The molecule has 1 aromatic carbocycles. The molecule has 0 saturated carbocycles. The molecule has 0 radical (unpaired) electrons. The third-order valence-electron chi connectivity index (χ3n) is 14.6. The first-order valence-electron chi connectivity index (χ1n) is 30.6. The molecule has 0 unspecified atom stereocenters. The topological polar surface area (TPSA) is 232 Å². The van der Waals surface area contributed by atoms with Gasteiger partial charge in [0.15, 0.2) is 0 Å². The van der Waals surface area contributed by atoms with E-state index in [1.165, 1.54) is 44.3 Å². The van der Waals surface area contributed by atoms with Gasteiger partial charge < -0.3 is 64.6 Å². The van der Waals surface area contributed by atoms with Crippen LogP contribution in [0.1, 0.15) is 183 Å². The quantitative estimate of drug-likeness (QED) is 0.0395. The van der Waals surface area contributed by atoms with Gasteiger partial charge in [0.2, 0.25) is 0 Å². The number of rotatable bonds is 18. The molecule has 460 valence electrons. The number of nitrogens with one attached hydrogen (secondary N) is 3. The Kier molecular flexibility index (Phi) is 33.7. The Morgan fingerprint density at radius 1 is 0.593 bits per heavy atom. The number of aliphatic hydroxyl groups excluding tert-OH is 3. The lowest BCUT2D eigenvalue weighted by Crippen LogP contribution is -2.41. The molecular formula is C63H108N8O10. The van der Waals surface area contributed by atoms with Gasteiger partial charge in [-0.25, -0.2) is 19.4 Å². The van der Waals surface area contributed by atoms with E-state index in [-0.39, 0.29) is 31.5 Å². The Hall–Kier alpha value is -4.88. The van der Waals surface area contributed by atoms with Crippen LogP contribution >= 0.6 is 0 Å². The van der Waals surface area contributed by atoms with Gasteiger partial charge in [0, 0.05) is 77.9 Å². The molecule has 6 heterocycles. The van der Waals surface area contributed by atoms with Gasteiger partial charge in [-0.15, -0.1) is 0 Å². The first kappa shape index (κ1) is 70.4. The molecule has 4 fully saturated rings. The monoisotopic (exact) mass is 1140 g/mol. The van der Waals surface area contributed by atoms with Gasteiger partial charge in [-0.2, -0.15) is 0 Å². The van der Waals surface area contributed by atoms with Gasteiger partial charge in [0.05, 0.1) is 17.6 Å². The lowest BCUT2D eigenvalue weighted by atomic mass is 9.92. The van der Waals surface area contributed by atoms with E-state index in [1.807, 2.05) is 97.5 Å². The number of carbonyl (C=O) groups excluding carboxylic acids is 4. The SMILES string of the molecule is CC(C)(C)OC(=O)N1CCC(CCC=O)CC1.CC(C)(C)OC(=O)N1CCC(CCCNCc2nc3ccccc3[nH]2)CC1.CC(C)(C)OC(=O)N1CCC(CCCO)CC1.OCCCC1CCNCC1.OCCCc1ccncc1. The molecule has 4 saturated heterocycles. The number of fused-ring (bicyclic) bond motifs is 1. The number of H-pyrrole nitrogens is 1. The number of piperidine rings is 4. The van der Waals surface area contributed by atoms with Crippen LogP contribution in [0.15, 0.2) is 48.8 Å². The Bertz CT molecular complexity index is 2100. The molecule has 18 nitrogen and oxygen atoms in total. The number of aryl methyl sites for hydroxylation is 1. The summed E-state index contributed by atoms with van der Waals surface area (Å²) >= 11 is 0. The second kappa shape index (κ2) is 38.8. The summed E-state index contributed by atoms with van der Waals surface area (Å²) in [5.41, 5.74) is 2.09. The highest BCUT2D eigenvalue weighted by Gasteiger charge is 2.29. The Morgan fingerprint density at radius 3 is 1.43 bits per heavy atom. The number of aliphatic hydroxyl groups is 3. The van der Waals surface area contributed by atoms with Gasteiger partial charge in [0.25, 0.3) is 0 Å². The molecule has 0 aliphatic carbocycles. The maximum atomic E-state index is 12.1. The molecule has 3 amide bonds. The van der Waals surface area contributed by atoms with Crippen LogP contribution in [0.4, 0.5) is 14.4 Å². The summed E-state index contributed by atoms with van der Waals surface area (Å²) < 4.78 is 16.1. The van der Waals surface area contributed by atoms with Crippen LogP contribution in [0.25, 0.3) is 11.0 Å². The Labute approximate surface area is 486 Å². The average Bonchev–Trinajstić information content (AvgIpc) is 3.87. The van der Waals surface area contributed by atoms with Crippen molar-refractivity contribution >= 4 is 35.6 Å². The predicted octanol–water partition coefficient (Wildman–Crippen LogP) is 10.9. The summed E-state index contributed by atoms with van der Waals surface area (Å²) in [6.07, 6.45) is 22.6. The molecule has 4 aliphatic rings. The number of imidazole rings is 1. The highest BCUT2D eigenvalue weighted by Crippen LogP contribution is 2.26. The fourth-order valence-corrected chi connectivity index (χ4v) is 10.1. The number of nitrogens with zero attached hydrogens (tertiary/aromatic N) is 5. The van der Waals surface area contributed by atoms with Crippen molar-refractivity contribution in [3.63, 3.8) is 0 Å². The normalized spacial score (nSPS) is 16.8. The van der Waals surface area contributed by atoms with Crippen LogP contribution in [-0.4, -0.2) is 165 Å². The zero-order valence-corrected chi connectivity index (χ0v) is 51.4. The number of hydrogen-bond acceptors (Lipinski definition) is 14. The van der Waals surface area contributed by atoms with Gasteiger partial charge in [-0.3, -0.25) is 4.98 Å². The van der Waals surface area contributed by atoms with E-state index in [0.717, 1.165) is 165 Å². The zero-order valence-electron chi connectivity index (χ0n) is 51.4. The molecule has 0 atom stereocenters. The molecule has 0 spiro atoms. The first-order valence-corrected chi connectivity index (χ1v) is 30.6. The van der Waals surface area contributed by atoms with Crippen molar-refractivity contribution in [2.45, 2.75) is 201 Å². The second-order valence-electron chi connectivity index (χ2n) is 25.1. The molecule has 7 rings (SSSR count). The van der Waals surface area contributed by atoms with Gasteiger partial charge in [0.1, 0.15) is 28.9 Å². The summed E-state index contributed by atoms with van der Waals surface area (Å²) in [6.45, 7) is 26.7. The minimum Gasteiger partial charge on any atom is -0.444 e. The van der Waals surface area contributed by atoms with E-state index < -0.39 is 16.8 Å². The lowest BCUT2D eigenvalue weighted by molar-refractivity contribution is -0.108. The number of carbonyl (C=O) groups is 4. The number of aromatic amines is 1. The first-order chi connectivity index (χ1) is 38.6. The average molecular weight is 1140 g/mol. The van der Waals surface area contributed by atoms with E-state index in [4.69, 9.17) is 29.5 Å². The number of amides is 3. The lowest BCUT2D eigenvalue weighted by Gasteiger charge is -2.33. The summed E-state index contributed by atoms with van der Waals surface area (Å²) in [5, 5.41) is 32.7. The fraction of sp³-hybridized carbons (Fsp3) is 0.746. The van der Waals surface area contributed by atoms with Gasteiger partial charge >= 0.3 is 18.3 Å². The standard InChI is InChI=1S/C21H32N4O2.C13H25NO3.C13H23NO3.C8H17NO.C8H11NO/c1-21(2,3)27-20(26)25-13-10-16(11-14-25)7-6-12-22-15-19-23-17-8-4-5-9-18(17)24-19;2*1-13(2,3)17-12(16)14-8-6-11(7-9-14)5-4-10-15;2*10-7-1-2-8-3-5-9-6-4-8/h4-5,8-9,16,22H,6-7,10-15H2,1-3H3,(H,23,24);11,15H,4-10H2,1-3H3;10-11H,4-9H2,1-3H3;8-10H,1-7H2;3-6,10H,1-2,7H2. The molecule has 6 N–H and O–H groups in total. The van der Waals surface area contributed by atoms with Gasteiger partial charge in [-0.05, 0) is 245 Å². The van der Waals surface area contributed by atoms with Crippen LogP contribution in [0, 0.1) is 23.7 Å². The predicted molar refractivity (Wildman–Crippen MR) is 322 cm³/mol. The fourth-order valence-electron chi connectivity index (χ4n) is 10.1. The van der Waals surface area contributed by atoms with Crippen molar-refractivity contribution in [3.8, 4) is 0 Å². The number of para-hydroxylation sites is 2. The molecule has 18 heteroatoms. The minimum atomic E-state index is -0.425. The van der Waals surface area contributed by atoms with Crippen molar-refractivity contribution in [1.82, 2.24) is 40.3 Å². The molecule has 2 aromatic heterocycles. The number of benzene rings is 1. The smallest absolute Gasteiger partial charge is 0.410 e. The number of ether oxygens (including phenoxy) is 3.